The van der Waals surface area contributed by atoms with E-state index in [4.69, 9.17) is 0 Å². The third kappa shape index (κ3) is 3.45. The molecule has 0 atom stereocenters. The minimum atomic E-state index is -0.0682. The number of nitrogens with one attached hydrogen (secondary N) is 1. The summed E-state index contributed by atoms with van der Waals surface area (Å²) < 4.78 is 0. The van der Waals surface area contributed by atoms with Gasteiger partial charge in [0.25, 0.3) is 0 Å². The van der Waals surface area contributed by atoms with E-state index in [0.29, 0.717) is 19.5 Å². The summed E-state index contributed by atoms with van der Waals surface area (Å²) in [7, 11) is 0. The number of benzene rings is 1. The first-order valence-electron chi connectivity index (χ1n) is 7.75. The van der Waals surface area contributed by atoms with Crippen LogP contribution in [0, 0.1) is 0 Å². The zero-order valence-electron chi connectivity index (χ0n) is 12.5. The number of pyridine rings is 1. The summed E-state index contributed by atoms with van der Waals surface area (Å²) in [5, 5.41) is 0. The molecule has 2 aromatic rings. The third-order valence-corrected chi connectivity index (χ3v) is 4.14. The Labute approximate surface area is 129 Å². The van der Waals surface area contributed by atoms with Crippen LogP contribution in [-0.2, 0) is 24.2 Å². The molecule has 22 heavy (non-hydrogen) atoms. The topological polar surface area (TPSA) is 53.2 Å². The summed E-state index contributed by atoms with van der Waals surface area (Å²) >= 11 is 0. The Morgan fingerprint density at radius 2 is 1.95 bits per heavy atom. The van der Waals surface area contributed by atoms with Crippen molar-refractivity contribution in [1.29, 1.82) is 0 Å². The Bertz CT molecular complexity index is 707. The van der Waals surface area contributed by atoms with Crippen molar-refractivity contribution in [2.45, 2.75) is 32.2 Å². The number of carbonyl (C=O) groups excluding carboxylic acids is 1. The highest BCUT2D eigenvalue weighted by Crippen LogP contribution is 2.17. The Hall–Kier alpha value is -2.36. The van der Waals surface area contributed by atoms with Gasteiger partial charge in [0.05, 0.1) is 0 Å². The SMILES string of the molecule is O=C(CCCc1ccccc1)N1CCc2[nH]c(=O)ccc2C1. The predicted octanol–water partition coefficient (Wildman–Crippen LogP) is 2.28. The maximum absolute atomic E-state index is 12.3. The summed E-state index contributed by atoms with van der Waals surface area (Å²) in [4.78, 5) is 28.4. The molecular weight excluding hydrogens is 276 g/mol. The molecule has 0 radical (unpaired) electrons. The average Bonchev–Trinajstić information content (AvgIpc) is 2.55. The summed E-state index contributed by atoms with van der Waals surface area (Å²) in [5.41, 5.74) is 3.24. The van der Waals surface area contributed by atoms with Crippen molar-refractivity contribution in [3.05, 3.63) is 69.6 Å². The lowest BCUT2D eigenvalue weighted by Crippen LogP contribution is -2.37. The van der Waals surface area contributed by atoms with E-state index in [2.05, 4.69) is 17.1 Å². The maximum atomic E-state index is 12.3. The van der Waals surface area contributed by atoms with Crippen LogP contribution in [-0.4, -0.2) is 22.3 Å². The van der Waals surface area contributed by atoms with Gasteiger partial charge in [-0.2, -0.15) is 0 Å². The second-order valence-electron chi connectivity index (χ2n) is 5.73. The van der Waals surface area contributed by atoms with Crippen molar-refractivity contribution < 1.29 is 4.79 Å². The van der Waals surface area contributed by atoms with Crippen LogP contribution in [0.5, 0.6) is 0 Å². The van der Waals surface area contributed by atoms with Gasteiger partial charge in [0, 0.05) is 37.7 Å². The van der Waals surface area contributed by atoms with E-state index >= 15 is 0 Å². The molecule has 1 aromatic heterocycles. The van der Waals surface area contributed by atoms with E-state index in [1.807, 2.05) is 29.2 Å². The summed E-state index contributed by atoms with van der Waals surface area (Å²) in [6.07, 6.45) is 3.12. The Balaban J connectivity index is 1.53. The Morgan fingerprint density at radius 1 is 1.14 bits per heavy atom. The number of hydrogen-bond donors (Lipinski definition) is 1. The van der Waals surface area contributed by atoms with Crippen molar-refractivity contribution in [2.75, 3.05) is 6.54 Å². The molecule has 0 bridgehead atoms. The smallest absolute Gasteiger partial charge is 0.248 e. The zero-order valence-corrected chi connectivity index (χ0v) is 12.5. The van der Waals surface area contributed by atoms with Crippen LogP contribution in [0.1, 0.15) is 29.7 Å². The molecule has 1 aliphatic rings. The van der Waals surface area contributed by atoms with Gasteiger partial charge in [-0.3, -0.25) is 9.59 Å². The zero-order chi connectivity index (χ0) is 15.4. The number of amides is 1. The van der Waals surface area contributed by atoms with Gasteiger partial charge in [-0.15, -0.1) is 0 Å². The van der Waals surface area contributed by atoms with Crippen LogP contribution in [0.15, 0.2) is 47.3 Å². The molecule has 0 aliphatic carbocycles. The molecule has 4 heteroatoms. The number of aryl methyl sites for hydroxylation is 1. The van der Waals surface area contributed by atoms with Gasteiger partial charge in [-0.25, -0.2) is 0 Å². The van der Waals surface area contributed by atoms with Gasteiger partial charge >= 0.3 is 0 Å². The molecule has 1 N–H and O–H groups in total. The fourth-order valence-corrected chi connectivity index (χ4v) is 2.91. The Morgan fingerprint density at radius 3 is 2.77 bits per heavy atom. The van der Waals surface area contributed by atoms with E-state index in [1.165, 1.54) is 11.6 Å². The second-order valence-corrected chi connectivity index (χ2v) is 5.73. The molecule has 114 valence electrons. The first-order valence-corrected chi connectivity index (χ1v) is 7.75. The van der Waals surface area contributed by atoms with Crippen LogP contribution in [0.3, 0.4) is 0 Å². The van der Waals surface area contributed by atoms with Crippen molar-refractivity contribution in [2.24, 2.45) is 0 Å². The van der Waals surface area contributed by atoms with E-state index in [-0.39, 0.29) is 11.5 Å². The number of nitrogens with zero attached hydrogens (tertiary/aromatic N) is 1. The minimum Gasteiger partial charge on any atom is -0.338 e. The first kappa shape index (κ1) is 14.6. The third-order valence-electron chi connectivity index (χ3n) is 4.14. The van der Waals surface area contributed by atoms with Crippen LogP contribution in [0.2, 0.25) is 0 Å². The lowest BCUT2D eigenvalue weighted by Gasteiger charge is -2.28. The molecule has 2 heterocycles. The molecule has 1 aromatic carbocycles. The summed E-state index contributed by atoms with van der Waals surface area (Å²) in [6.45, 7) is 1.30. The maximum Gasteiger partial charge on any atom is 0.248 e. The molecular formula is C18H20N2O2. The number of rotatable bonds is 4. The molecule has 3 rings (SSSR count). The molecule has 0 saturated heterocycles. The van der Waals surface area contributed by atoms with Gasteiger partial charge in [-0.1, -0.05) is 36.4 Å². The predicted molar refractivity (Wildman–Crippen MR) is 85.6 cm³/mol. The van der Waals surface area contributed by atoms with Crippen LogP contribution < -0.4 is 5.56 Å². The van der Waals surface area contributed by atoms with Gasteiger partial charge in [0.15, 0.2) is 0 Å². The van der Waals surface area contributed by atoms with E-state index in [9.17, 15) is 9.59 Å². The minimum absolute atomic E-state index is 0.0682. The van der Waals surface area contributed by atoms with E-state index in [1.54, 1.807) is 0 Å². The van der Waals surface area contributed by atoms with Crippen molar-refractivity contribution >= 4 is 5.91 Å². The summed E-state index contributed by atoms with van der Waals surface area (Å²) in [5.74, 6) is 0.202. The normalized spacial score (nSPS) is 13.7. The highest BCUT2D eigenvalue weighted by molar-refractivity contribution is 5.76. The number of H-pyrrole nitrogens is 1. The van der Waals surface area contributed by atoms with E-state index in [0.717, 1.165) is 30.5 Å². The fraction of sp³-hybridized carbons (Fsp3) is 0.333. The van der Waals surface area contributed by atoms with Crippen molar-refractivity contribution in [3.63, 3.8) is 0 Å². The highest BCUT2D eigenvalue weighted by atomic mass is 16.2. The van der Waals surface area contributed by atoms with Crippen molar-refractivity contribution in [3.8, 4) is 0 Å². The first-order chi connectivity index (χ1) is 10.7. The largest absolute Gasteiger partial charge is 0.338 e. The quantitative estimate of drug-likeness (QED) is 0.941. The number of fused-ring (bicyclic) bond motifs is 1. The molecule has 0 spiro atoms. The molecule has 4 nitrogen and oxygen atoms in total. The lowest BCUT2D eigenvalue weighted by molar-refractivity contribution is -0.132. The van der Waals surface area contributed by atoms with Gasteiger partial charge in [0.1, 0.15) is 0 Å². The highest BCUT2D eigenvalue weighted by Gasteiger charge is 2.20. The molecule has 0 unspecified atom stereocenters. The average molecular weight is 296 g/mol. The number of aromatic amines is 1. The second kappa shape index (κ2) is 6.60. The molecule has 1 aliphatic heterocycles. The van der Waals surface area contributed by atoms with Gasteiger partial charge < -0.3 is 9.88 Å². The van der Waals surface area contributed by atoms with Crippen LogP contribution in [0.25, 0.3) is 0 Å². The lowest BCUT2D eigenvalue weighted by atomic mass is 10.0. The Kier molecular flexibility index (Phi) is 4.37. The molecule has 1 amide bonds. The van der Waals surface area contributed by atoms with E-state index < -0.39 is 0 Å². The number of hydrogen-bond acceptors (Lipinski definition) is 2. The van der Waals surface area contributed by atoms with Gasteiger partial charge in [-0.05, 0) is 24.0 Å². The standard InChI is InChI=1S/C18H20N2O2/c21-17-10-9-15-13-20(12-11-16(15)19-17)18(22)8-4-7-14-5-2-1-3-6-14/h1-3,5-6,9-10H,4,7-8,11-13H2,(H,19,21). The van der Waals surface area contributed by atoms with Crippen LogP contribution >= 0.6 is 0 Å². The number of aromatic nitrogens is 1. The van der Waals surface area contributed by atoms with Crippen LogP contribution in [0.4, 0.5) is 0 Å². The monoisotopic (exact) mass is 296 g/mol. The fourth-order valence-electron chi connectivity index (χ4n) is 2.91. The van der Waals surface area contributed by atoms with Crippen molar-refractivity contribution in [1.82, 2.24) is 9.88 Å². The summed E-state index contributed by atoms with van der Waals surface area (Å²) in [6, 6.07) is 13.6. The van der Waals surface area contributed by atoms with Gasteiger partial charge in [0.2, 0.25) is 11.5 Å². The molecule has 0 saturated carbocycles. The number of carbonyl (C=O) groups is 1. The molecule has 0 fully saturated rings.